The van der Waals surface area contributed by atoms with E-state index in [1.165, 1.54) is 0 Å². The highest BCUT2D eigenvalue weighted by Gasteiger charge is 2.13. The lowest BCUT2D eigenvalue weighted by Crippen LogP contribution is -2.32. The molecule has 112 valence electrons. The Morgan fingerprint density at radius 3 is 2.19 bits per heavy atom. The number of benzene rings is 2. The molecule has 0 radical (unpaired) electrons. The van der Waals surface area contributed by atoms with E-state index in [0.29, 0.717) is 6.42 Å². The molecule has 2 aromatic carbocycles. The van der Waals surface area contributed by atoms with Gasteiger partial charge in [-0.25, -0.2) is 0 Å². The largest absolute Gasteiger partial charge is 0.480 e. The Labute approximate surface area is 122 Å². The maximum absolute atomic E-state index is 10.7. The molecule has 0 spiro atoms. The average Bonchev–Trinajstić information content (AvgIpc) is 2.48. The molecule has 0 aromatic heterocycles. The van der Waals surface area contributed by atoms with Gasteiger partial charge in [0.25, 0.3) is 0 Å². The number of fused-ring (bicyclic) bond motifs is 1. The molecule has 6 N–H and O–H groups in total. The van der Waals surface area contributed by atoms with Crippen LogP contribution in [0.3, 0.4) is 0 Å². The standard InChI is InChI=1S/C13H13NO2.C2H5NO2/c14-12(13(15)16)8-10-6-3-5-9-4-1-2-7-11(9)10;3-1-2(4)5/h1-7,12H,8,14H2,(H,15,16);1,3H2,(H,4,5)/t12-;/m0./s1. The SMILES string of the molecule is NCC(=O)O.N[C@@H](Cc1cccc2ccccc12)C(=O)O. The third-order valence-corrected chi connectivity index (χ3v) is 2.81. The van der Waals surface area contributed by atoms with Crippen LogP contribution in [-0.2, 0) is 16.0 Å². The number of carboxylic acid groups (broad SMARTS) is 2. The predicted octanol–water partition coefficient (Wildman–Crippen LogP) is 0.824. The second-order valence-corrected chi connectivity index (χ2v) is 4.38. The van der Waals surface area contributed by atoms with Gasteiger partial charge in [-0.05, 0) is 22.8 Å². The average molecular weight is 290 g/mol. The first kappa shape index (κ1) is 16.6. The van der Waals surface area contributed by atoms with E-state index in [0.717, 1.165) is 16.3 Å². The number of nitrogens with two attached hydrogens (primary N) is 2. The van der Waals surface area contributed by atoms with Gasteiger partial charge in [-0.1, -0.05) is 42.5 Å². The lowest BCUT2D eigenvalue weighted by molar-refractivity contribution is -0.138. The van der Waals surface area contributed by atoms with E-state index in [9.17, 15) is 9.59 Å². The minimum atomic E-state index is -0.968. The monoisotopic (exact) mass is 290 g/mol. The van der Waals surface area contributed by atoms with E-state index < -0.39 is 18.0 Å². The van der Waals surface area contributed by atoms with E-state index in [-0.39, 0.29) is 6.54 Å². The summed E-state index contributed by atoms with van der Waals surface area (Å²) >= 11 is 0. The summed E-state index contributed by atoms with van der Waals surface area (Å²) < 4.78 is 0. The van der Waals surface area contributed by atoms with Crippen LogP contribution in [0.5, 0.6) is 0 Å². The van der Waals surface area contributed by atoms with Crippen LogP contribution in [0, 0.1) is 0 Å². The summed E-state index contributed by atoms with van der Waals surface area (Å²) in [5, 5.41) is 18.6. The summed E-state index contributed by atoms with van der Waals surface area (Å²) in [4.78, 5) is 20.0. The van der Waals surface area contributed by atoms with Crippen LogP contribution in [0.1, 0.15) is 5.56 Å². The van der Waals surface area contributed by atoms with Gasteiger partial charge in [0.15, 0.2) is 0 Å². The Bertz CT molecular complexity index is 623. The topological polar surface area (TPSA) is 127 Å². The maximum Gasteiger partial charge on any atom is 0.320 e. The molecule has 1 atom stereocenters. The first-order valence-electron chi connectivity index (χ1n) is 6.32. The Hall–Kier alpha value is -2.44. The number of rotatable bonds is 4. The molecule has 0 saturated carbocycles. The Morgan fingerprint density at radius 1 is 1.05 bits per heavy atom. The summed E-state index contributed by atoms with van der Waals surface area (Å²) in [6.07, 6.45) is 0.358. The fourth-order valence-electron chi connectivity index (χ4n) is 1.79. The second-order valence-electron chi connectivity index (χ2n) is 4.38. The number of carbonyl (C=O) groups is 2. The minimum absolute atomic E-state index is 0.278. The van der Waals surface area contributed by atoms with Gasteiger partial charge in [0.05, 0.1) is 6.54 Å². The third kappa shape index (κ3) is 5.21. The normalized spacial score (nSPS) is 11.3. The zero-order chi connectivity index (χ0) is 15.8. The van der Waals surface area contributed by atoms with Crippen LogP contribution in [-0.4, -0.2) is 34.7 Å². The van der Waals surface area contributed by atoms with Gasteiger partial charge in [-0.2, -0.15) is 0 Å². The summed E-state index contributed by atoms with van der Waals surface area (Å²) in [5.74, 6) is -1.93. The summed E-state index contributed by atoms with van der Waals surface area (Å²) in [7, 11) is 0. The van der Waals surface area contributed by atoms with Gasteiger partial charge < -0.3 is 21.7 Å². The smallest absolute Gasteiger partial charge is 0.320 e. The Kier molecular flexibility index (Phi) is 6.32. The quantitative estimate of drug-likeness (QED) is 0.660. The van der Waals surface area contributed by atoms with E-state index in [1.54, 1.807) is 0 Å². The van der Waals surface area contributed by atoms with Crippen molar-refractivity contribution in [2.24, 2.45) is 11.5 Å². The first-order valence-corrected chi connectivity index (χ1v) is 6.32. The number of carboxylic acids is 2. The molecule has 0 aliphatic heterocycles. The van der Waals surface area contributed by atoms with Crippen LogP contribution >= 0.6 is 0 Å². The number of hydrogen-bond acceptors (Lipinski definition) is 4. The molecule has 2 rings (SSSR count). The summed E-state index contributed by atoms with van der Waals surface area (Å²) in [6.45, 7) is -0.278. The van der Waals surface area contributed by atoms with Gasteiger partial charge in [-0.3, -0.25) is 9.59 Å². The van der Waals surface area contributed by atoms with Crippen molar-refractivity contribution in [3.63, 3.8) is 0 Å². The van der Waals surface area contributed by atoms with Crippen molar-refractivity contribution in [1.82, 2.24) is 0 Å². The molecule has 0 fully saturated rings. The molecule has 0 amide bonds. The third-order valence-electron chi connectivity index (χ3n) is 2.81. The fraction of sp³-hybridized carbons (Fsp3) is 0.200. The van der Waals surface area contributed by atoms with Gasteiger partial charge >= 0.3 is 11.9 Å². The molecular formula is C15H18N2O4. The zero-order valence-corrected chi connectivity index (χ0v) is 11.4. The van der Waals surface area contributed by atoms with E-state index in [4.69, 9.17) is 15.9 Å². The zero-order valence-electron chi connectivity index (χ0n) is 11.4. The molecule has 21 heavy (non-hydrogen) atoms. The number of hydrogen-bond donors (Lipinski definition) is 4. The highest BCUT2D eigenvalue weighted by atomic mass is 16.4. The fourth-order valence-corrected chi connectivity index (χ4v) is 1.79. The van der Waals surface area contributed by atoms with Crippen molar-refractivity contribution < 1.29 is 19.8 Å². The molecule has 0 bridgehead atoms. The Morgan fingerprint density at radius 2 is 1.62 bits per heavy atom. The molecule has 0 heterocycles. The highest BCUT2D eigenvalue weighted by Crippen LogP contribution is 2.19. The first-order chi connectivity index (χ1) is 9.95. The second kappa shape index (κ2) is 7.98. The number of aliphatic carboxylic acids is 2. The van der Waals surface area contributed by atoms with Crippen LogP contribution in [0.25, 0.3) is 10.8 Å². The summed E-state index contributed by atoms with van der Waals surface area (Å²) in [6, 6.07) is 12.9. The minimum Gasteiger partial charge on any atom is -0.480 e. The Balaban J connectivity index is 0.000000383. The van der Waals surface area contributed by atoms with Gasteiger partial charge in [-0.15, -0.1) is 0 Å². The maximum atomic E-state index is 10.7. The lowest BCUT2D eigenvalue weighted by atomic mass is 9.99. The van der Waals surface area contributed by atoms with Gasteiger partial charge in [0.1, 0.15) is 6.04 Å². The highest BCUT2D eigenvalue weighted by molar-refractivity contribution is 5.86. The molecule has 2 aromatic rings. The van der Waals surface area contributed by atoms with Crippen molar-refractivity contribution >= 4 is 22.7 Å². The van der Waals surface area contributed by atoms with Crippen LogP contribution in [0.4, 0.5) is 0 Å². The molecule has 0 aliphatic carbocycles. The van der Waals surface area contributed by atoms with Crippen molar-refractivity contribution in [3.05, 3.63) is 48.0 Å². The molecule has 0 unspecified atom stereocenters. The molecule has 6 heteroatoms. The van der Waals surface area contributed by atoms with Gasteiger partial charge in [0.2, 0.25) is 0 Å². The van der Waals surface area contributed by atoms with Crippen molar-refractivity contribution in [1.29, 1.82) is 0 Å². The predicted molar refractivity (Wildman–Crippen MR) is 80.0 cm³/mol. The lowest BCUT2D eigenvalue weighted by Gasteiger charge is -2.09. The molecular weight excluding hydrogens is 272 g/mol. The molecule has 0 saturated heterocycles. The summed E-state index contributed by atoms with van der Waals surface area (Å²) in [5.41, 5.74) is 11.1. The van der Waals surface area contributed by atoms with Crippen LogP contribution in [0.2, 0.25) is 0 Å². The van der Waals surface area contributed by atoms with Crippen molar-refractivity contribution in [2.45, 2.75) is 12.5 Å². The van der Waals surface area contributed by atoms with E-state index in [1.807, 2.05) is 42.5 Å². The molecule has 0 aliphatic rings. The molecule has 6 nitrogen and oxygen atoms in total. The van der Waals surface area contributed by atoms with Crippen LogP contribution < -0.4 is 11.5 Å². The van der Waals surface area contributed by atoms with Crippen molar-refractivity contribution in [3.8, 4) is 0 Å². The van der Waals surface area contributed by atoms with Gasteiger partial charge in [0, 0.05) is 0 Å². The van der Waals surface area contributed by atoms with Crippen molar-refractivity contribution in [2.75, 3.05) is 6.54 Å². The van der Waals surface area contributed by atoms with E-state index >= 15 is 0 Å². The van der Waals surface area contributed by atoms with E-state index in [2.05, 4.69) is 5.73 Å². The van der Waals surface area contributed by atoms with Crippen LogP contribution in [0.15, 0.2) is 42.5 Å².